The molecule has 0 N–H and O–H groups in total. The minimum Gasteiger partial charge on any atom is -0.497 e. The van der Waals surface area contributed by atoms with Crippen LogP contribution in [0.15, 0.2) is 65.4 Å². The molecule has 4 heteroatoms. The van der Waals surface area contributed by atoms with Crippen molar-refractivity contribution in [3.63, 3.8) is 0 Å². The Balaban J connectivity index is 1.88. The van der Waals surface area contributed by atoms with Crippen LogP contribution in [0.5, 0.6) is 11.5 Å². The van der Waals surface area contributed by atoms with Gasteiger partial charge in [-0.15, -0.1) is 0 Å². The molecule has 4 rings (SSSR count). The maximum Gasteiger partial charge on any atom is 0.273 e. The number of aliphatic imine (C=N–C) groups is 1. The fraction of sp³-hybridized carbons (Fsp3) is 0.111. The molecule has 0 radical (unpaired) electrons. The Labute approximate surface area is 127 Å². The molecule has 2 aliphatic rings. The number of dihydropyridines is 1. The molecule has 1 amide bonds. The molecule has 0 aliphatic carbocycles. The van der Waals surface area contributed by atoms with E-state index in [9.17, 15) is 4.79 Å². The number of hydrogen-bond donors (Lipinski definition) is 0. The van der Waals surface area contributed by atoms with E-state index in [2.05, 4.69) is 4.99 Å². The quantitative estimate of drug-likeness (QED) is 0.854. The largest absolute Gasteiger partial charge is 0.497 e. The van der Waals surface area contributed by atoms with Crippen molar-refractivity contribution in [2.75, 3.05) is 7.11 Å². The molecule has 0 aromatic heterocycles. The van der Waals surface area contributed by atoms with E-state index < -0.39 is 0 Å². The van der Waals surface area contributed by atoms with Crippen molar-refractivity contribution in [3.05, 3.63) is 71.5 Å². The Morgan fingerprint density at radius 3 is 2.73 bits per heavy atom. The molecule has 2 heterocycles. The molecular formula is C18H13NO3. The average molecular weight is 291 g/mol. The van der Waals surface area contributed by atoms with Gasteiger partial charge in [0.15, 0.2) is 0 Å². The van der Waals surface area contributed by atoms with Crippen LogP contribution < -0.4 is 9.47 Å². The van der Waals surface area contributed by atoms with Gasteiger partial charge in [-0.25, -0.2) is 4.99 Å². The number of fused-ring (bicyclic) bond motifs is 3. The summed E-state index contributed by atoms with van der Waals surface area (Å²) in [5, 5.41) is 0. The molecule has 0 fully saturated rings. The number of benzene rings is 2. The van der Waals surface area contributed by atoms with Crippen LogP contribution in [0.25, 0.3) is 0 Å². The number of hydrogen-bond acceptors (Lipinski definition) is 3. The van der Waals surface area contributed by atoms with Crippen LogP contribution in [-0.4, -0.2) is 18.7 Å². The summed E-state index contributed by atoms with van der Waals surface area (Å²) in [4.78, 5) is 16.1. The zero-order chi connectivity index (χ0) is 15.1. The Morgan fingerprint density at radius 2 is 1.95 bits per heavy atom. The standard InChI is InChI=1S/C18H13NO3/c1-21-12-7-8-14-13(9-12)17-15(22-14)10-16(20)19-18(17)11-5-3-2-4-6-11/h2-10,17H,1H3. The molecule has 4 nitrogen and oxygen atoms in total. The predicted molar refractivity (Wildman–Crippen MR) is 82.4 cm³/mol. The van der Waals surface area contributed by atoms with E-state index in [1.165, 1.54) is 6.08 Å². The third kappa shape index (κ3) is 1.92. The zero-order valence-corrected chi connectivity index (χ0v) is 11.9. The van der Waals surface area contributed by atoms with Gasteiger partial charge in [-0.2, -0.15) is 0 Å². The zero-order valence-electron chi connectivity index (χ0n) is 11.9. The monoisotopic (exact) mass is 291 g/mol. The van der Waals surface area contributed by atoms with Gasteiger partial charge in [0.05, 0.1) is 18.7 Å². The van der Waals surface area contributed by atoms with E-state index in [4.69, 9.17) is 9.47 Å². The lowest BCUT2D eigenvalue weighted by Gasteiger charge is -2.18. The maximum absolute atomic E-state index is 11.9. The summed E-state index contributed by atoms with van der Waals surface area (Å²) in [6.07, 6.45) is 1.46. The highest BCUT2D eigenvalue weighted by atomic mass is 16.5. The van der Waals surface area contributed by atoms with Gasteiger partial charge in [0.2, 0.25) is 0 Å². The summed E-state index contributed by atoms with van der Waals surface area (Å²) in [5.41, 5.74) is 2.61. The summed E-state index contributed by atoms with van der Waals surface area (Å²) in [6.45, 7) is 0. The number of amides is 1. The van der Waals surface area contributed by atoms with Crippen LogP contribution in [0.3, 0.4) is 0 Å². The predicted octanol–water partition coefficient (Wildman–Crippen LogP) is 3.08. The second kappa shape index (κ2) is 4.84. The van der Waals surface area contributed by atoms with Crippen LogP contribution in [0.1, 0.15) is 17.0 Å². The first-order valence-corrected chi connectivity index (χ1v) is 7.01. The van der Waals surface area contributed by atoms with Gasteiger partial charge >= 0.3 is 0 Å². The van der Waals surface area contributed by atoms with Crippen LogP contribution >= 0.6 is 0 Å². The minimum absolute atomic E-state index is 0.162. The number of methoxy groups -OCH3 is 1. The fourth-order valence-electron chi connectivity index (χ4n) is 2.88. The number of carbonyl (C=O) groups is 1. The summed E-state index contributed by atoms with van der Waals surface area (Å²) in [7, 11) is 1.63. The van der Waals surface area contributed by atoms with Crippen LogP contribution in [0.4, 0.5) is 0 Å². The number of carbonyl (C=O) groups excluding carboxylic acids is 1. The molecule has 0 saturated carbocycles. The van der Waals surface area contributed by atoms with E-state index >= 15 is 0 Å². The van der Waals surface area contributed by atoms with Crippen molar-refractivity contribution in [3.8, 4) is 11.5 Å². The Morgan fingerprint density at radius 1 is 1.14 bits per heavy atom. The number of nitrogens with zero attached hydrogens (tertiary/aromatic N) is 1. The first-order valence-electron chi connectivity index (χ1n) is 7.01. The highest BCUT2D eigenvalue weighted by molar-refractivity contribution is 6.16. The van der Waals surface area contributed by atoms with Crippen molar-refractivity contribution in [1.82, 2.24) is 0 Å². The van der Waals surface area contributed by atoms with Gasteiger partial charge in [0, 0.05) is 11.6 Å². The number of ether oxygens (including phenoxy) is 2. The van der Waals surface area contributed by atoms with Gasteiger partial charge in [-0.05, 0) is 23.8 Å². The second-order valence-corrected chi connectivity index (χ2v) is 5.19. The van der Waals surface area contributed by atoms with E-state index in [0.717, 1.165) is 28.3 Å². The molecule has 2 aliphatic heterocycles. The van der Waals surface area contributed by atoms with Crippen molar-refractivity contribution in [2.45, 2.75) is 5.92 Å². The molecule has 1 unspecified atom stereocenters. The molecular weight excluding hydrogens is 278 g/mol. The van der Waals surface area contributed by atoms with Gasteiger partial charge in [0.1, 0.15) is 17.3 Å². The third-order valence-electron chi connectivity index (χ3n) is 3.88. The van der Waals surface area contributed by atoms with Gasteiger partial charge in [0.25, 0.3) is 5.91 Å². The molecule has 0 saturated heterocycles. The van der Waals surface area contributed by atoms with E-state index in [0.29, 0.717) is 5.76 Å². The highest BCUT2D eigenvalue weighted by Gasteiger charge is 2.37. The first kappa shape index (κ1) is 12.8. The van der Waals surface area contributed by atoms with Crippen molar-refractivity contribution in [2.24, 2.45) is 4.99 Å². The van der Waals surface area contributed by atoms with Crippen molar-refractivity contribution < 1.29 is 14.3 Å². The summed E-state index contributed by atoms with van der Waals surface area (Å²) >= 11 is 0. The lowest BCUT2D eigenvalue weighted by Crippen LogP contribution is -2.20. The van der Waals surface area contributed by atoms with E-state index in [1.54, 1.807) is 7.11 Å². The van der Waals surface area contributed by atoms with Crippen molar-refractivity contribution in [1.29, 1.82) is 0 Å². The highest BCUT2D eigenvalue weighted by Crippen LogP contribution is 2.45. The smallest absolute Gasteiger partial charge is 0.273 e. The number of rotatable bonds is 2. The molecule has 22 heavy (non-hydrogen) atoms. The molecule has 1 atom stereocenters. The first-order chi connectivity index (χ1) is 10.8. The molecule has 2 aromatic carbocycles. The lowest BCUT2D eigenvalue weighted by atomic mass is 9.87. The topological polar surface area (TPSA) is 47.9 Å². The molecule has 0 bridgehead atoms. The van der Waals surface area contributed by atoms with Crippen LogP contribution in [-0.2, 0) is 4.79 Å². The Hall–Kier alpha value is -2.88. The van der Waals surface area contributed by atoms with Gasteiger partial charge in [-0.1, -0.05) is 30.3 Å². The summed E-state index contributed by atoms with van der Waals surface area (Å²) in [6, 6.07) is 15.4. The average Bonchev–Trinajstić information content (AvgIpc) is 2.91. The maximum atomic E-state index is 11.9. The molecule has 2 aromatic rings. The molecule has 108 valence electrons. The SMILES string of the molecule is COc1ccc2c(c1)C1C(=CC(=O)N=C1c1ccccc1)O2. The Bertz CT molecular complexity index is 821. The Kier molecular flexibility index (Phi) is 2.82. The minimum atomic E-state index is -0.287. The van der Waals surface area contributed by atoms with Crippen molar-refractivity contribution >= 4 is 11.6 Å². The third-order valence-corrected chi connectivity index (χ3v) is 3.88. The van der Waals surface area contributed by atoms with Crippen LogP contribution in [0.2, 0.25) is 0 Å². The lowest BCUT2D eigenvalue weighted by molar-refractivity contribution is -0.113. The second-order valence-electron chi connectivity index (χ2n) is 5.19. The van der Waals surface area contributed by atoms with Gasteiger partial charge in [-0.3, -0.25) is 4.79 Å². The van der Waals surface area contributed by atoms with E-state index in [-0.39, 0.29) is 11.8 Å². The summed E-state index contributed by atoms with van der Waals surface area (Å²) in [5.74, 6) is 1.68. The molecule has 0 spiro atoms. The summed E-state index contributed by atoms with van der Waals surface area (Å²) < 4.78 is 11.1. The van der Waals surface area contributed by atoms with Crippen LogP contribution in [0, 0.1) is 0 Å². The van der Waals surface area contributed by atoms with Gasteiger partial charge < -0.3 is 9.47 Å². The normalized spacial score (nSPS) is 18.8. The fourth-order valence-corrected chi connectivity index (χ4v) is 2.88. The number of allylic oxidation sites excluding steroid dienone is 1. The van der Waals surface area contributed by atoms with E-state index in [1.807, 2.05) is 48.5 Å².